The molecule has 0 radical (unpaired) electrons. The number of rotatable bonds is 36. The van der Waals surface area contributed by atoms with E-state index in [-0.39, 0.29) is 50.8 Å². The molecule has 1 fully saturated rings. The van der Waals surface area contributed by atoms with Gasteiger partial charge in [-0.25, -0.2) is 4.79 Å². The molecule has 11 atom stereocenters. The smallest absolute Gasteiger partial charge is 0.326 e. The monoisotopic (exact) mass is 1150 g/mol. The predicted molar refractivity (Wildman–Crippen MR) is 279 cm³/mol. The Balaban J connectivity index is 2.30. The number of nitrogens with one attached hydrogen (secondary N) is 8. The molecular formula is C50H75N11O20. The zero-order valence-corrected chi connectivity index (χ0v) is 45.3. The van der Waals surface area contributed by atoms with Gasteiger partial charge in [0.05, 0.1) is 25.6 Å². The van der Waals surface area contributed by atoms with E-state index < -0.39 is 194 Å². The maximum atomic E-state index is 14.1. The van der Waals surface area contributed by atoms with Gasteiger partial charge >= 0.3 is 23.9 Å². The van der Waals surface area contributed by atoms with Crippen LogP contribution in [0.15, 0.2) is 24.3 Å². The molecule has 31 heteroatoms. The van der Waals surface area contributed by atoms with Crippen LogP contribution in [0.2, 0.25) is 0 Å². The van der Waals surface area contributed by atoms with Crippen LogP contribution in [-0.4, -0.2) is 193 Å². The van der Waals surface area contributed by atoms with Gasteiger partial charge in [-0.1, -0.05) is 52.7 Å². The molecular weight excluding hydrogens is 1070 g/mol. The summed E-state index contributed by atoms with van der Waals surface area (Å²) in [6, 6.07) is -8.54. The molecule has 10 amide bonds. The van der Waals surface area contributed by atoms with Crippen molar-refractivity contribution >= 4 is 82.9 Å². The second kappa shape index (κ2) is 33.8. The molecule has 18 N–H and O–H groups in total. The molecule has 1 heterocycles. The summed E-state index contributed by atoms with van der Waals surface area (Å²) in [4.78, 5) is 182. The van der Waals surface area contributed by atoms with Gasteiger partial charge in [-0.15, -0.1) is 0 Å². The number of aliphatic hydroxyl groups excluding tert-OH is 1. The number of carboxylic acids is 4. The molecule has 0 unspecified atom stereocenters. The van der Waals surface area contributed by atoms with E-state index in [0.29, 0.717) is 12.0 Å². The number of carbonyl (C=O) groups excluding carboxylic acids is 10. The van der Waals surface area contributed by atoms with E-state index in [2.05, 4.69) is 42.5 Å². The normalized spacial score (nSPS) is 16.6. The molecule has 450 valence electrons. The molecule has 0 aliphatic carbocycles. The first-order valence-corrected chi connectivity index (χ1v) is 26.0. The maximum Gasteiger partial charge on any atom is 0.326 e. The first kappa shape index (κ1) is 68.6. The van der Waals surface area contributed by atoms with E-state index in [4.69, 9.17) is 11.5 Å². The lowest BCUT2D eigenvalue weighted by Gasteiger charge is -2.30. The summed E-state index contributed by atoms with van der Waals surface area (Å²) in [5.41, 5.74) is 11.8. The van der Waals surface area contributed by atoms with E-state index in [0.717, 1.165) is 4.90 Å². The van der Waals surface area contributed by atoms with Crippen LogP contribution in [0.5, 0.6) is 5.75 Å². The Hall–Kier alpha value is -8.48. The fraction of sp³-hybridized carbons (Fsp3) is 0.600. The number of hydrogen-bond donors (Lipinski definition) is 16. The number of primary amides is 1. The van der Waals surface area contributed by atoms with E-state index in [9.17, 15) is 97.8 Å². The number of phenols is 1. The lowest BCUT2D eigenvalue weighted by molar-refractivity contribution is -0.145. The number of aliphatic hydroxyl groups is 1. The van der Waals surface area contributed by atoms with Crippen LogP contribution in [0, 0.1) is 11.8 Å². The number of nitrogens with two attached hydrogens (primary N) is 2. The highest BCUT2D eigenvalue weighted by molar-refractivity contribution is 5.99. The molecule has 0 spiro atoms. The van der Waals surface area contributed by atoms with Gasteiger partial charge in [0.1, 0.15) is 54.1 Å². The molecule has 31 nitrogen and oxygen atoms in total. The maximum absolute atomic E-state index is 14.1. The van der Waals surface area contributed by atoms with Crippen LogP contribution >= 0.6 is 0 Å². The Morgan fingerprint density at radius 3 is 1.65 bits per heavy atom. The molecule has 1 aliphatic heterocycles. The zero-order valence-electron chi connectivity index (χ0n) is 45.3. The number of amides is 10. The highest BCUT2D eigenvalue weighted by atomic mass is 16.4. The number of hydrogen-bond acceptors (Lipinski definition) is 17. The van der Waals surface area contributed by atoms with Crippen molar-refractivity contribution in [1.29, 1.82) is 0 Å². The van der Waals surface area contributed by atoms with Crippen molar-refractivity contribution in [3.05, 3.63) is 29.8 Å². The van der Waals surface area contributed by atoms with Gasteiger partial charge < -0.3 is 89.5 Å². The van der Waals surface area contributed by atoms with Crippen molar-refractivity contribution in [2.75, 3.05) is 19.7 Å². The Bertz CT molecular complexity index is 2440. The third-order valence-corrected chi connectivity index (χ3v) is 13.3. The van der Waals surface area contributed by atoms with Gasteiger partial charge in [0.15, 0.2) is 0 Å². The first-order valence-electron chi connectivity index (χ1n) is 26.0. The van der Waals surface area contributed by atoms with Crippen LogP contribution in [-0.2, 0) is 73.5 Å². The third-order valence-electron chi connectivity index (χ3n) is 13.3. The minimum atomic E-state index is -2.02. The second-order valence-electron chi connectivity index (χ2n) is 19.5. The second-order valence-corrected chi connectivity index (χ2v) is 19.5. The first-order chi connectivity index (χ1) is 38.0. The fourth-order valence-electron chi connectivity index (χ4n) is 8.19. The van der Waals surface area contributed by atoms with Crippen molar-refractivity contribution in [2.24, 2.45) is 23.3 Å². The molecule has 0 saturated carbocycles. The van der Waals surface area contributed by atoms with Crippen molar-refractivity contribution in [2.45, 2.75) is 159 Å². The van der Waals surface area contributed by atoms with E-state index in [1.165, 1.54) is 31.2 Å². The number of benzene rings is 1. The standard InChI is InChI=1S/C50H75N11O20/c1-5-24(3)40(48(78)58-33(23-62)46(76)60-41(50(80)81)25(4)6-2)59-44(74)30(14-17-37(66)67)56-45(75)32(21-39(70)71)57-47(77)34-8-7-19-61(34)49(79)31(15-18-38(68)69)54-36(65)22-53-43(73)29(13-16-35(52)64)55-42(72)28(51)20-26-9-11-27(63)12-10-26/h9-12,24-25,28-34,40-41,62-63H,5-8,13-23,51H2,1-4H3,(H2,52,64)(H,53,73)(H,54,65)(H,55,72)(H,56,75)(H,57,77)(H,58,78)(H,59,74)(H,60,76)(H,66,67)(H,68,69)(H,70,71)(H,80,81)/t24-,25-,28-,29-,30-,31-,32-,33-,34-,40-,41-/m0/s1. The molecule has 1 aromatic rings. The van der Waals surface area contributed by atoms with Gasteiger partial charge in [-0.05, 0) is 68.1 Å². The zero-order chi connectivity index (χ0) is 61.3. The summed E-state index contributed by atoms with van der Waals surface area (Å²) in [5, 5.41) is 76.2. The molecule has 1 aliphatic rings. The minimum Gasteiger partial charge on any atom is -0.508 e. The van der Waals surface area contributed by atoms with Crippen molar-refractivity contribution in [3.63, 3.8) is 0 Å². The molecule has 2 rings (SSSR count). The third kappa shape index (κ3) is 23.4. The number of aliphatic carboxylic acids is 4. The summed E-state index contributed by atoms with van der Waals surface area (Å²) in [6.45, 7) is 4.30. The highest BCUT2D eigenvalue weighted by Crippen LogP contribution is 2.21. The van der Waals surface area contributed by atoms with Crippen LogP contribution in [0.1, 0.15) is 104 Å². The summed E-state index contributed by atoms with van der Waals surface area (Å²) >= 11 is 0. The lowest BCUT2D eigenvalue weighted by atomic mass is 9.96. The summed E-state index contributed by atoms with van der Waals surface area (Å²) in [6.07, 6.45) is -4.03. The van der Waals surface area contributed by atoms with Crippen LogP contribution < -0.4 is 54.0 Å². The van der Waals surface area contributed by atoms with Crippen LogP contribution in [0.25, 0.3) is 0 Å². The van der Waals surface area contributed by atoms with E-state index >= 15 is 0 Å². The van der Waals surface area contributed by atoms with Gasteiger partial charge in [0, 0.05) is 25.8 Å². The number of likely N-dealkylation sites (tertiary alicyclic amines) is 1. The molecule has 1 saturated heterocycles. The summed E-state index contributed by atoms with van der Waals surface area (Å²) in [5.74, 6) is -17.7. The molecule has 0 aromatic heterocycles. The lowest BCUT2D eigenvalue weighted by Crippen LogP contribution is -2.61. The van der Waals surface area contributed by atoms with Crippen molar-refractivity contribution in [3.8, 4) is 5.75 Å². The van der Waals surface area contributed by atoms with Gasteiger partial charge in [-0.3, -0.25) is 62.3 Å². The quantitative estimate of drug-likeness (QED) is 0.0301. The average Bonchev–Trinajstić information content (AvgIpc) is 3.96. The predicted octanol–water partition coefficient (Wildman–Crippen LogP) is -4.60. The van der Waals surface area contributed by atoms with Crippen LogP contribution in [0.3, 0.4) is 0 Å². The Labute approximate surface area is 464 Å². The van der Waals surface area contributed by atoms with Crippen molar-refractivity contribution in [1.82, 2.24) is 47.4 Å². The highest BCUT2D eigenvalue weighted by Gasteiger charge is 2.41. The average molecular weight is 1150 g/mol. The Kier molecular flexibility index (Phi) is 28.7. The van der Waals surface area contributed by atoms with Gasteiger partial charge in [0.2, 0.25) is 59.1 Å². The number of carboxylic acid groups (broad SMARTS) is 4. The number of nitrogens with zero attached hydrogens (tertiary/aromatic N) is 1. The largest absolute Gasteiger partial charge is 0.508 e. The Morgan fingerprint density at radius 1 is 0.605 bits per heavy atom. The molecule has 1 aromatic carbocycles. The molecule has 0 bridgehead atoms. The fourth-order valence-corrected chi connectivity index (χ4v) is 8.19. The minimum absolute atomic E-state index is 0.0241. The summed E-state index contributed by atoms with van der Waals surface area (Å²) < 4.78 is 0. The van der Waals surface area contributed by atoms with E-state index in [1.54, 1.807) is 20.8 Å². The van der Waals surface area contributed by atoms with Crippen LogP contribution in [0.4, 0.5) is 0 Å². The Morgan fingerprint density at radius 2 is 1.11 bits per heavy atom. The number of phenolic OH excluding ortho intramolecular Hbond substituents is 1. The topological polar surface area (TPSA) is 512 Å². The number of carbonyl (C=O) groups is 14. The van der Waals surface area contributed by atoms with E-state index in [1.807, 2.05) is 0 Å². The SMILES string of the molecule is CC[C@H](C)[C@H](NC(=O)[C@H](CO)NC(=O)[C@@H](NC(=O)[C@H](CCC(=O)O)NC(=O)[C@H](CC(=O)O)NC(=O)[C@@H]1CCCN1C(=O)[C@H](CCC(=O)O)NC(=O)CNC(=O)[C@H](CCC(N)=O)NC(=O)[C@@H](N)Cc1ccc(O)cc1)[C@@H](C)CC)C(=O)O. The van der Waals surface area contributed by atoms with Gasteiger partial charge in [-0.2, -0.15) is 0 Å². The molecule has 81 heavy (non-hydrogen) atoms. The summed E-state index contributed by atoms with van der Waals surface area (Å²) in [7, 11) is 0. The number of aromatic hydroxyl groups is 1. The van der Waals surface area contributed by atoms with Gasteiger partial charge in [0.25, 0.3) is 0 Å². The van der Waals surface area contributed by atoms with Crippen molar-refractivity contribution < 1.29 is 97.8 Å².